The molecular formula is C28H22Cl2N2O4S. The number of amides is 1. The molecule has 5 rings (SSSR count). The number of halogens is 2. The molecule has 0 saturated carbocycles. The first-order valence-corrected chi connectivity index (χ1v) is 13.3. The fourth-order valence-corrected chi connectivity index (χ4v) is 5.60. The topological polar surface area (TPSA) is 79.7 Å². The number of Topliss-reactive ketones (excluding diaryl/α,β-unsaturated/α-hetero) is 1. The number of aliphatic hydroxyl groups is 1. The number of ketones is 1. The number of hydrogen-bond donors (Lipinski definition) is 1. The number of nitrogens with zero attached hydrogens (tertiary/aromatic N) is 2. The smallest absolute Gasteiger partial charge is 0.301 e. The van der Waals surface area contributed by atoms with Crippen LogP contribution in [0, 0.1) is 0 Å². The lowest BCUT2D eigenvalue weighted by molar-refractivity contribution is -0.132. The number of hydrogen-bond acceptors (Lipinski definition) is 6. The minimum Gasteiger partial charge on any atom is -0.507 e. The van der Waals surface area contributed by atoms with Crippen LogP contribution in [0.4, 0.5) is 5.13 Å². The molecule has 0 aliphatic carbocycles. The molecule has 9 heteroatoms. The van der Waals surface area contributed by atoms with E-state index < -0.39 is 17.7 Å². The third-order valence-electron chi connectivity index (χ3n) is 6.05. The average Bonchev–Trinajstić information content (AvgIpc) is 3.42. The van der Waals surface area contributed by atoms with Crippen molar-refractivity contribution < 1.29 is 19.4 Å². The number of unbranched alkanes of at least 4 members (excludes halogenated alkanes) is 1. The summed E-state index contributed by atoms with van der Waals surface area (Å²) in [6.07, 6.45) is 1.89. The van der Waals surface area contributed by atoms with Gasteiger partial charge in [-0.3, -0.25) is 14.5 Å². The summed E-state index contributed by atoms with van der Waals surface area (Å²) in [5.41, 5.74) is 1.61. The predicted molar refractivity (Wildman–Crippen MR) is 148 cm³/mol. The Labute approximate surface area is 227 Å². The summed E-state index contributed by atoms with van der Waals surface area (Å²) in [5.74, 6) is -1.25. The van der Waals surface area contributed by atoms with E-state index in [9.17, 15) is 14.7 Å². The van der Waals surface area contributed by atoms with E-state index in [0.29, 0.717) is 44.2 Å². The van der Waals surface area contributed by atoms with Gasteiger partial charge in [-0.1, -0.05) is 60.0 Å². The van der Waals surface area contributed by atoms with Gasteiger partial charge < -0.3 is 9.84 Å². The van der Waals surface area contributed by atoms with E-state index in [4.69, 9.17) is 27.9 Å². The van der Waals surface area contributed by atoms with Crippen molar-refractivity contribution in [2.24, 2.45) is 0 Å². The van der Waals surface area contributed by atoms with Crippen molar-refractivity contribution in [2.45, 2.75) is 25.8 Å². The maximum Gasteiger partial charge on any atom is 0.301 e. The van der Waals surface area contributed by atoms with Gasteiger partial charge in [-0.15, -0.1) is 0 Å². The number of ether oxygens (including phenoxy) is 1. The van der Waals surface area contributed by atoms with Crippen LogP contribution in [0.3, 0.4) is 0 Å². The van der Waals surface area contributed by atoms with Crippen LogP contribution in [0.15, 0.2) is 72.3 Å². The molecule has 1 atom stereocenters. The summed E-state index contributed by atoms with van der Waals surface area (Å²) >= 11 is 13.4. The second-order valence-corrected chi connectivity index (χ2v) is 10.4. The fourth-order valence-electron chi connectivity index (χ4n) is 4.21. The van der Waals surface area contributed by atoms with Crippen LogP contribution in [0.5, 0.6) is 5.75 Å². The van der Waals surface area contributed by atoms with Gasteiger partial charge in [0.05, 0.1) is 28.4 Å². The molecule has 4 aromatic rings. The third-order valence-corrected chi connectivity index (χ3v) is 7.55. The van der Waals surface area contributed by atoms with Crippen LogP contribution in [0.2, 0.25) is 10.0 Å². The summed E-state index contributed by atoms with van der Waals surface area (Å²) in [6.45, 7) is 2.62. The molecule has 1 amide bonds. The molecule has 0 spiro atoms. The van der Waals surface area contributed by atoms with E-state index in [1.54, 1.807) is 60.7 Å². The summed E-state index contributed by atoms with van der Waals surface area (Å²) in [4.78, 5) is 32.8. The third kappa shape index (κ3) is 4.94. The number of benzene rings is 3. The molecule has 1 fully saturated rings. The van der Waals surface area contributed by atoms with Crippen molar-refractivity contribution >= 4 is 67.3 Å². The van der Waals surface area contributed by atoms with Crippen LogP contribution < -0.4 is 9.64 Å². The van der Waals surface area contributed by atoms with Crippen LogP contribution in [-0.2, 0) is 9.59 Å². The van der Waals surface area contributed by atoms with Crippen molar-refractivity contribution in [3.05, 3.63) is 93.5 Å². The van der Waals surface area contributed by atoms with E-state index in [1.807, 2.05) is 6.07 Å². The molecule has 0 radical (unpaired) electrons. The molecule has 2 heterocycles. The van der Waals surface area contributed by atoms with Crippen LogP contribution in [0.25, 0.3) is 16.0 Å². The number of fused-ring (bicyclic) bond motifs is 1. The molecule has 0 bridgehead atoms. The zero-order valence-electron chi connectivity index (χ0n) is 19.8. The van der Waals surface area contributed by atoms with Gasteiger partial charge in [0.25, 0.3) is 5.78 Å². The first kappa shape index (κ1) is 25.3. The molecular weight excluding hydrogens is 531 g/mol. The van der Waals surface area contributed by atoms with Crippen molar-refractivity contribution in [2.75, 3.05) is 11.5 Å². The number of aliphatic hydroxyl groups excluding tert-OH is 1. The maximum absolute atomic E-state index is 13.4. The number of carbonyl (C=O) groups excluding carboxylic acids is 2. The first-order chi connectivity index (χ1) is 17.9. The standard InChI is InChI=1S/C28H22Cl2N2O4S/c1-2-3-13-36-20-6-4-5-17(14-20)24-23(25(33)16-7-9-18(29)10-8-16)26(34)27(35)32(24)28-31-21-12-11-19(30)15-22(21)37-28/h4-12,14-15,24,33H,2-3,13H2,1H3. The molecule has 3 aromatic carbocycles. The lowest BCUT2D eigenvalue weighted by Crippen LogP contribution is -2.29. The Morgan fingerprint density at radius 1 is 1.05 bits per heavy atom. The van der Waals surface area contributed by atoms with Gasteiger partial charge in [0, 0.05) is 15.6 Å². The Balaban J connectivity index is 1.67. The lowest BCUT2D eigenvalue weighted by atomic mass is 9.95. The number of rotatable bonds is 7. The van der Waals surface area contributed by atoms with Crippen LogP contribution in [-0.4, -0.2) is 28.4 Å². The van der Waals surface area contributed by atoms with Gasteiger partial charge in [0.2, 0.25) is 0 Å². The van der Waals surface area contributed by atoms with Gasteiger partial charge >= 0.3 is 5.91 Å². The Kier molecular flexibility index (Phi) is 7.20. The molecule has 188 valence electrons. The molecule has 37 heavy (non-hydrogen) atoms. The van der Waals surface area contributed by atoms with Crippen molar-refractivity contribution in [3.8, 4) is 5.75 Å². The predicted octanol–water partition coefficient (Wildman–Crippen LogP) is 7.41. The molecule has 1 aliphatic heterocycles. The highest BCUT2D eigenvalue weighted by Crippen LogP contribution is 2.45. The SMILES string of the molecule is CCCCOc1cccc(C2C(=C(O)c3ccc(Cl)cc3)C(=O)C(=O)N2c2nc3ccc(Cl)cc3s2)c1. The molecule has 1 N–H and O–H groups in total. The molecule has 1 unspecified atom stereocenters. The quantitative estimate of drug-likeness (QED) is 0.112. The number of anilines is 1. The summed E-state index contributed by atoms with van der Waals surface area (Å²) in [7, 11) is 0. The van der Waals surface area contributed by atoms with Crippen molar-refractivity contribution in [1.29, 1.82) is 0 Å². The molecule has 1 saturated heterocycles. The zero-order chi connectivity index (χ0) is 26.1. The van der Waals surface area contributed by atoms with Crippen molar-refractivity contribution in [1.82, 2.24) is 4.98 Å². The zero-order valence-corrected chi connectivity index (χ0v) is 22.1. The highest BCUT2D eigenvalue weighted by molar-refractivity contribution is 7.22. The Hall–Kier alpha value is -3.39. The van der Waals surface area contributed by atoms with Gasteiger partial charge in [-0.25, -0.2) is 4.98 Å². The van der Waals surface area contributed by atoms with Gasteiger partial charge in [-0.05, 0) is 66.6 Å². The second-order valence-electron chi connectivity index (χ2n) is 8.56. The average molecular weight is 553 g/mol. The summed E-state index contributed by atoms with van der Waals surface area (Å²) in [6, 6.07) is 18.0. The number of carbonyl (C=O) groups is 2. The Morgan fingerprint density at radius 2 is 1.81 bits per heavy atom. The maximum atomic E-state index is 13.4. The first-order valence-electron chi connectivity index (χ1n) is 11.7. The Bertz CT molecular complexity index is 1530. The van der Waals surface area contributed by atoms with E-state index in [0.717, 1.165) is 17.5 Å². The van der Waals surface area contributed by atoms with E-state index >= 15 is 0 Å². The Morgan fingerprint density at radius 3 is 2.57 bits per heavy atom. The number of aromatic nitrogens is 1. The molecule has 1 aromatic heterocycles. The highest BCUT2D eigenvalue weighted by Gasteiger charge is 2.48. The van der Waals surface area contributed by atoms with E-state index in [1.165, 1.54) is 16.2 Å². The van der Waals surface area contributed by atoms with Crippen molar-refractivity contribution in [3.63, 3.8) is 0 Å². The van der Waals surface area contributed by atoms with Gasteiger partial charge in [-0.2, -0.15) is 0 Å². The highest BCUT2D eigenvalue weighted by atomic mass is 35.5. The van der Waals surface area contributed by atoms with Crippen LogP contribution >= 0.6 is 34.5 Å². The normalized spacial score (nSPS) is 17.1. The summed E-state index contributed by atoms with van der Waals surface area (Å²) in [5, 5.41) is 12.6. The molecule has 1 aliphatic rings. The minimum absolute atomic E-state index is 0.0321. The van der Waals surface area contributed by atoms with E-state index in [-0.39, 0.29) is 11.3 Å². The van der Waals surface area contributed by atoms with Gasteiger partial charge in [0.15, 0.2) is 5.13 Å². The monoisotopic (exact) mass is 552 g/mol. The fraction of sp³-hybridized carbons (Fsp3) is 0.179. The largest absolute Gasteiger partial charge is 0.507 e. The minimum atomic E-state index is -0.915. The van der Waals surface area contributed by atoms with Gasteiger partial charge in [0.1, 0.15) is 11.5 Å². The second kappa shape index (κ2) is 10.5. The number of thiazole rings is 1. The van der Waals surface area contributed by atoms with E-state index in [2.05, 4.69) is 11.9 Å². The lowest BCUT2D eigenvalue weighted by Gasteiger charge is -2.23. The molecule has 6 nitrogen and oxygen atoms in total. The van der Waals surface area contributed by atoms with Crippen LogP contribution in [0.1, 0.15) is 36.9 Å². The summed E-state index contributed by atoms with van der Waals surface area (Å²) < 4.78 is 6.66.